The molecule has 7 nitrogen and oxygen atoms in total. The molecule has 2 aliphatic rings. The van der Waals surface area contributed by atoms with E-state index >= 15 is 0 Å². The van der Waals surface area contributed by atoms with Crippen LogP contribution in [0.25, 0.3) is 0 Å². The Bertz CT molecular complexity index is 594. The minimum absolute atomic E-state index is 0.0778. The number of guanidine groups is 1. The second-order valence-corrected chi connectivity index (χ2v) is 7.58. The maximum Gasteiger partial charge on any atom is 0.191 e. The minimum atomic E-state index is -0.234. The van der Waals surface area contributed by atoms with Gasteiger partial charge in [-0.1, -0.05) is 19.8 Å². The zero-order valence-electron chi connectivity index (χ0n) is 15.0. The second kappa shape index (κ2) is 7.09. The second-order valence-electron chi connectivity index (χ2n) is 7.58. The minimum Gasteiger partial charge on any atom is -0.392 e. The van der Waals surface area contributed by atoms with Crippen molar-refractivity contribution in [3.63, 3.8) is 0 Å². The molecule has 3 N–H and O–H groups in total. The van der Waals surface area contributed by atoms with E-state index in [9.17, 15) is 5.11 Å². The smallest absolute Gasteiger partial charge is 0.191 e. The number of nitrogens with one attached hydrogen (secondary N) is 2. The van der Waals surface area contributed by atoms with Gasteiger partial charge >= 0.3 is 0 Å². The van der Waals surface area contributed by atoms with Gasteiger partial charge in [-0.2, -0.15) is 0 Å². The van der Waals surface area contributed by atoms with Gasteiger partial charge in [0.25, 0.3) is 0 Å². The van der Waals surface area contributed by atoms with Crippen molar-refractivity contribution >= 4 is 5.96 Å². The molecule has 2 saturated carbocycles. The number of aliphatic hydroxyl groups is 1. The fourth-order valence-corrected chi connectivity index (χ4v) is 3.19. The van der Waals surface area contributed by atoms with E-state index in [-0.39, 0.29) is 11.5 Å². The van der Waals surface area contributed by atoms with E-state index < -0.39 is 0 Å². The van der Waals surface area contributed by atoms with Crippen molar-refractivity contribution < 1.29 is 5.11 Å². The molecule has 0 radical (unpaired) electrons. The maximum absolute atomic E-state index is 10.4. The summed E-state index contributed by atoms with van der Waals surface area (Å²) in [7, 11) is 1.96. The molecule has 3 rings (SSSR count). The molecule has 2 fully saturated rings. The highest BCUT2D eigenvalue weighted by Crippen LogP contribution is 2.35. The van der Waals surface area contributed by atoms with Crippen LogP contribution >= 0.6 is 0 Å². The van der Waals surface area contributed by atoms with Crippen LogP contribution in [0.3, 0.4) is 0 Å². The monoisotopic (exact) mass is 334 g/mol. The van der Waals surface area contributed by atoms with Crippen molar-refractivity contribution in [1.82, 2.24) is 25.4 Å². The van der Waals surface area contributed by atoms with Crippen LogP contribution in [0.2, 0.25) is 0 Å². The predicted octanol–water partition coefficient (Wildman–Crippen LogP) is 1.26. The Labute approximate surface area is 144 Å². The first-order chi connectivity index (χ1) is 11.5. The number of aliphatic imine (C=N–C) groups is 1. The van der Waals surface area contributed by atoms with E-state index in [4.69, 9.17) is 0 Å². The Balaban J connectivity index is 1.62. The number of aliphatic hydroxyl groups excluding tert-OH is 1. The van der Waals surface area contributed by atoms with E-state index in [1.807, 2.05) is 18.5 Å². The zero-order valence-corrected chi connectivity index (χ0v) is 15.0. The number of aryl methyl sites for hydroxylation is 1. The lowest BCUT2D eigenvalue weighted by Gasteiger charge is -2.38. The number of hydrogen-bond acceptors (Lipinski definition) is 4. The molecule has 0 amide bonds. The molecule has 2 aliphatic carbocycles. The van der Waals surface area contributed by atoms with Crippen LogP contribution in [0, 0.1) is 12.3 Å². The summed E-state index contributed by atoms with van der Waals surface area (Å²) in [5.41, 5.74) is -0.0778. The number of nitrogens with zero attached hydrogens (tertiary/aromatic N) is 4. The van der Waals surface area contributed by atoms with Crippen LogP contribution in [-0.2, 0) is 13.6 Å². The Morgan fingerprint density at radius 3 is 2.75 bits per heavy atom. The molecule has 0 aliphatic heterocycles. The quantitative estimate of drug-likeness (QED) is 0.557. The van der Waals surface area contributed by atoms with E-state index in [1.54, 1.807) is 0 Å². The average Bonchev–Trinajstić information content (AvgIpc) is 3.33. The molecule has 0 spiro atoms. The SMILES string of the molecule is Cc1nnc(CN=C(NCC2(C)CCCCC2O)NC2CC2)n1C. The van der Waals surface area contributed by atoms with Gasteiger partial charge in [0, 0.05) is 25.0 Å². The highest BCUT2D eigenvalue weighted by molar-refractivity contribution is 5.80. The lowest BCUT2D eigenvalue weighted by Crippen LogP contribution is -2.48. The number of aromatic nitrogens is 3. The highest BCUT2D eigenvalue weighted by Gasteiger charge is 2.35. The van der Waals surface area contributed by atoms with E-state index in [0.717, 1.165) is 43.4 Å². The summed E-state index contributed by atoms with van der Waals surface area (Å²) >= 11 is 0. The van der Waals surface area contributed by atoms with Gasteiger partial charge in [0.05, 0.1) is 6.10 Å². The lowest BCUT2D eigenvalue weighted by atomic mass is 9.73. The molecular formula is C17H30N6O. The molecule has 24 heavy (non-hydrogen) atoms. The first kappa shape index (κ1) is 17.2. The first-order valence-electron chi connectivity index (χ1n) is 9.06. The van der Waals surface area contributed by atoms with Crippen molar-refractivity contribution in [2.45, 2.75) is 71.1 Å². The normalized spacial score (nSPS) is 28.0. The van der Waals surface area contributed by atoms with Crippen molar-refractivity contribution in [2.24, 2.45) is 17.5 Å². The van der Waals surface area contributed by atoms with E-state index in [2.05, 4.69) is 32.7 Å². The molecule has 2 unspecified atom stereocenters. The molecule has 1 aromatic heterocycles. The van der Waals surface area contributed by atoms with E-state index in [1.165, 1.54) is 19.3 Å². The van der Waals surface area contributed by atoms with Crippen LogP contribution in [0.15, 0.2) is 4.99 Å². The summed E-state index contributed by atoms with van der Waals surface area (Å²) in [6.45, 7) is 5.35. The molecule has 7 heteroatoms. The fourth-order valence-electron chi connectivity index (χ4n) is 3.19. The first-order valence-corrected chi connectivity index (χ1v) is 9.06. The summed E-state index contributed by atoms with van der Waals surface area (Å²) in [5.74, 6) is 2.56. The molecule has 0 aromatic carbocycles. The van der Waals surface area contributed by atoms with Gasteiger partial charge in [-0.25, -0.2) is 4.99 Å². The fraction of sp³-hybridized carbons (Fsp3) is 0.824. The van der Waals surface area contributed by atoms with Gasteiger partial charge in [-0.15, -0.1) is 10.2 Å². The number of rotatable bonds is 5. The Hall–Kier alpha value is -1.63. The highest BCUT2D eigenvalue weighted by atomic mass is 16.3. The van der Waals surface area contributed by atoms with Gasteiger partial charge in [-0.05, 0) is 32.6 Å². The summed E-state index contributed by atoms with van der Waals surface area (Å²) in [4.78, 5) is 4.68. The van der Waals surface area contributed by atoms with E-state index in [0.29, 0.717) is 12.6 Å². The lowest BCUT2D eigenvalue weighted by molar-refractivity contribution is 0.00396. The Kier molecular flexibility index (Phi) is 5.08. The van der Waals surface area contributed by atoms with Crippen molar-refractivity contribution in [1.29, 1.82) is 0 Å². The maximum atomic E-state index is 10.4. The predicted molar refractivity (Wildman–Crippen MR) is 93.6 cm³/mol. The van der Waals surface area contributed by atoms with Crippen LogP contribution in [0.1, 0.15) is 57.1 Å². The number of hydrogen-bond donors (Lipinski definition) is 3. The summed E-state index contributed by atoms with van der Waals surface area (Å²) in [5, 5.41) is 25.5. The Morgan fingerprint density at radius 2 is 2.12 bits per heavy atom. The van der Waals surface area contributed by atoms with Crippen LogP contribution in [-0.4, -0.2) is 44.5 Å². The molecule has 1 heterocycles. The van der Waals surface area contributed by atoms with Gasteiger partial charge in [0.1, 0.15) is 12.4 Å². The summed E-state index contributed by atoms with van der Waals surface area (Å²) in [6, 6.07) is 0.529. The zero-order chi connectivity index (χ0) is 17.2. The molecule has 1 aromatic rings. The summed E-state index contributed by atoms with van der Waals surface area (Å²) < 4.78 is 1.96. The van der Waals surface area contributed by atoms with Crippen molar-refractivity contribution in [3.05, 3.63) is 11.6 Å². The van der Waals surface area contributed by atoms with Gasteiger partial charge < -0.3 is 20.3 Å². The van der Waals surface area contributed by atoms with Crippen LogP contribution in [0.5, 0.6) is 0 Å². The average molecular weight is 334 g/mol. The third-order valence-corrected chi connectivity index (χ3v) is 5.42. The van der Waals surface area contributed by atoms with Gasteiger partial charge in [-0.3, -0.25) is 0 Å². The van der Waals surface area contributed by atoms with Crippen molar-refractivity contribution in [3.8, 4) is 0 Å². The largest absolute Gasteiger partial charge is 0.392 e. The van der Waals surface area contributed by atoms with Crippen LogP contribution in [0.4, 0.5) is 0 Å². The standard InChI is InChI=1S/C17H30N6O/c1-12-21-22-15(23(12)3)10-18-16(20-13-7-8-13)19-11-17(2)9-5-4-6-14(17)24/h13-14,24H,4-11H2,1-3H3,(H2,18,19,20). The van der Waals surface area contributed by atoms with Gasteiger partial charge in [0.2, 0.25) is 0 Å². The Morgan fingerprint density at radius 1 is 1.33 bits per heavy atom. The third-order valence-electron chi connectivity index (χ3n) is 5.42. The van der Waals surface area contributed by atoms with Crippen molar-refractivity contribution in [2.75, 3.05) is 6.54 Å². The topological polar surface area (TPSA) is 87.4 Å². The molecule has 134 valence electrons. The third kappa shape index (κ3) is 4.06. The molecular weight excluding hydrogens is 304 g/mol. The molecule has 0 bridgehead atoms. The molecule has 2 atom stereocenters. The molecule has 0 saturated heterocycles. The van der Waals surface area contributed by atoms with Crippen LogP contribution < -0.4 is 10.6 Å². The van der Waals surface area contributed by atoms with Gasteiger partial charge in [0.15, 0.2) is 11.8 Å². The summed E-state index contributed by atoms with van der Waals surface area (Å²) in [6.07, 6.45) is 6.44.